The Morgan fingerprint density at radius 1 is 0.781 bits per heavy atom. The van der Waals surface area contributed by atoms with Crippen molar-refractivity contribution in [2.45, 2.75) is 109 Å². The van der Waals surface area contributed by atoms with Gasteiger partial charge in [-0.25, -0.2) is 0 Å². The van der Waals surface area contributed by atoms with E-state index in [1.165, 1.54) is 38.5 Å². The summed E-state index contributed by atoms with van der Waals surface area (Å²) in [5.41, 5.74) is 0. The van der Waals surface area contributed by atoms with Crippen LogP contribution in [0.1, 0.15) is 104 Å². The van der Waals surface area contributed by atoms with E-state index in [1.54, 1.807) is 0 Å². The maximum Gasteiger partial charge on any atom is 0.383 e. The Balaban J connectivity index is 4.03. The van der Waals surface area contributed by atoms with E-state index in [-0.39, 0.29) is 6.42 Å². The summed E-state index contributed by atoms with van der Waals surface area (Å²) in [4.78, 5) is 31.9. The van der Waals surface area contributed by atoms with Gasteiger partial charge in [-0.15, -0.1) is 0 Å². The smallest absolute Gasteiger partial charge is 0.383 e. The van der Waals surface area contributed by atoms with Gasteiger partial charge in [0.05, 0.1) is 0 Å². The third-order valence-electron chi connectivity index (χ3n) is 5.49. The van der Waals surface area contributed by atoms with E-state index in [2.05, 4.69) is 28.1 Å². The minimum atomic E-state index is -4.75. The SMILES string of the molecule is CCCCCCCC/C=C\CCCCCCCC(=O)OC(C)(P(=O)(O)OC)P(=O)(O)OC. The summed E-state index contributed by atoms with van der Waals surface area (Å²) in [6, 6.07) is 0. The van der Waals surface area contributed by atoms with Crippen LogP contribution < -0.4 is 0 Å². The molecule has 0 aliphatic rings. The highest BCUT2D eigenvalue weighted by molar-refractivity contribution is 7.73. The molecule has 0 aromatic heterocycles. The zero-order valence-corrected chi connectivity index (χ0v) is 22.1. The average Bonchev–Trinajstić information content (AvgIpc) is 2.76. The van der Waals surface area contributed by atoms with Crippen molar-refractivity contribution in [1.29, 1.82) is 0 Å². The van der Waals surface area contributed by atoms with Gasteiger partial charge in [0.15, 0.2) is 0 Å². The normalized spacial score (nSPS) is 17.6. The molecule has 0 spiro atoms. The number of carbonyl (C=O) groups excluding carboxylic acids is 1. The van der Waals surface area contributed by atoms with Gasteiger partial charge in [-0.05, 0) is 39.0 Å². The molecule has 0 saturated heterocycles. The predicted octanol–water partition coefficient (Wildman–Crippen LogP) is 6.90. The van der Waals surface area contributed by atoms with Crippen molar-refractivity contribution in [2.75, 3.05) is 14.2 Å². The fourth-order valence-corrected chi connectivity index (χ4v) is 6.10. The summed E-state index contributed by atoms with van der Waals surface area (Å²) in [7, 11) is -7.71. The molecule has 0 radical (unpaired) electrons. The first-order valence-corrected chi connectivity index (χ1v) is 14.9. The molecule has 32 heavy (non-hydrogen) atoms. The van der Waals surface area contributed by atoms with Crippen LogP contribution in [0.2, 0.25) is 0 Å². The standard InChI is InChI=1S/C22H44O8P2/c1-5-6-7-8-9-10-11-12-13-14-15-16-17-18-19-20-21(23)30-22(2,31(24,25)28-3)32(26,27)29-4/h12-13H,5-11,14-20H2,1-4H3,(H,24,25)(H,26,27)/b13-12-. The summed E-state index contributed by atoms with van der Waals surface area (Å²) >= 11 is 0. The fraction of sp³-hybridized carbons (Fsp3) is 0.864. The van der Waals surface area contributed by atoms with Gasteiger partial charge in [-0.1, -0.05) is 70.4 Å². The molecule has 0 rings (SSSR count). The van der Waals surface area contributed by atoms with Crippen molar-refractivity contribution < 1.29 is 37.5 Å². The molecule has 0 aliphatic carbocycles. The second-order valence-corrected chi connectivity index (χ2v) is 13.0. The number of ether oxygens (including phenoxy) is 1. The third-order valence-corrected chi connectivity index (χ3v) is 10.3. The summed E-state index contributed by atoms with van der Waals surface area (Å²) in [6.45, 7) is 3.10. The topological polar surface area (TPSA) is 119 Å². The number of esters is 1. The molecule has 2 unspecified atom stereocenters. The molecule has 0 amide bonds. The van der Waals surface area contributed by atoms with E-state index >= 15 is 0 Å². The Labute approximate surface area is 194 Å². The lowest BCUT2D eigenvalue weighted by Gasteiger charge is -2.33. The van der Waals surface area contributed by atoms with Crippen LogP contribution >= 0.6 is 15.2 Å². The number of hydrogen-bond acceptors (Lipinski definition) is 6. The molecule has 0 bridgehead atoms. The predicted molar refractivity (Wildman–Crippen MR) is 128 cm³/mol. The molecule has 0 heterocycles. The molecule has 190 valence electrons. The number of unbranched alkanes of at least 4 members (excludes halogenated alkanes) is 11. The van der Waals surface area contributed by atoms with Crippen molar-refractivity contribution in [3.05, 3.63) is 12.2 Å². The Bertz CT molecular complexity index is 611. The first-order valence-electron chi connectivity index (χ1n) is 11.7. The minimum absolute atomic E-state index is 0.0266. The molecular formula is C22H44O8P2. The van der Waals surface area contributed by atoms with Gasteiger partial charge >= 0.3 is 26.2 Å². The van der Waals surface area contributed by atoms with Crippen molar-refractivity contribution >= 4 is 21.2 Å². The van der Waals surface area contributed by atoms with E-state index in [0.29, 0.717) is 6.42 Å². The van der Waals surface area contributed by atoms with E-state index in [0.717, 1.165) is 59.7 Å². The summed E-state index contributed by atoms with van der Waals surface area (Å²) in [5.74, 6) is -0.845. The minimum Gasteiger partial charge on any atom is -0.433 e. The van der Waals surface area contributed by atoms with Gasteiger partial charge in [-0.2, -0.15) is 0 Å². The molecule has 0 aromatic carbocycles. The van der Waals surface area contributed by atoms with Gasteiger partial charge in [-0.3, -0.25) is 13.9 Å². The van der Waals surface area contributed by atoms with Gasteiger partial charge in [0, 0.05) is 20.6 Å². The van der Waals surface area contributed by atoms with E-state index in [1.807, 2.05) is 0 Å². The maximum atomic E-state index is 12.2. The summed E-state index contributed by atoms with van der Waals surface area (Å²) in [6.07, 6.45) is 19.0. The lowest BCUT2D eigenvalue weighted by molar-refractivity contribution is -0.149. The first kappa shape index (κ1) is 31.5. The van der Waals surface area contributed by atoms with Crippen LogP contribution in [0.5, 0.6) is 0 Å². The molecule has 10 heteroatoms. The van der Waals surface area contributed by atoms with Crippen molar-refractivity contribution in [3.8, 4) is 0 Å². The highest BCUT2D eigenvalue weighted by atomic mass is 31.2. The second kappa shape index (κ2) is 17.0. The molecule has 0 aliphatic heterocycles. The number of hydrogen-bond donors (Lipinski definition) is 2. The lowest BCUT2D eigenvalue weighted by atomic mass is 10.1. The Morgan fingerprint density at radius 2 is 1.19 bits per heavy atom. The van der Waals surface area contributed by atoms with Crippen molar-refractivity contribution in [3.63, 3.8) is 0 Å². The Kier molecular flexibility index (Phi) is 16.8. The van der Waals surface area contributed by atoms with Crippen LogP contribution in [0.4, 0.5) is 0 Å². The van der Waals surface area contributed by atoms with Crippen molar-refractivity contribution in [2.24, 2.45) is 0 Å². The number of allylic oxidation sites excluding steroid dienone is 2. The summed E-state index contributed by atoms with van der Waals surface area (Å²) in [5, 5.41) is -2.68. The van der Waals surface area contributed by atoms with E-state index < -0.39 is 26.2 Å². The molecule has 2 atom stereocenters. The average molecular weight is 499 g/mol. The second-order valence-electron chi connectivity index (χ2n) is 8.15. The molecule has 0 aromatic rings. The molecule has 2 N–H and O–H groups in total. The monoisotopic (exact) mass is 498 g/mol. The van der Waals surface area contributed by atoms with Gasteiger partial charge < -0.3 is 23.6 Å². The number of carbonyl (C=O) groups is 1. The third kappa shape index (κ3) is 11.6. The van der Waals surface area contributed by atoms with Crippen LogP contribution in [-0.2, 0) is 27.7 Å². The molecule has 0 saturated carbocycles. The summed E-state index contributed by atoms with van der Waals surface area (Å²) < 4.78 is 38.2. The van der Waals surface area contributed by atoms with Crippen LogP contribution in [0.3, 0.4) is 0 Å². The van der Waals surface area contributed by atoms with E-state index in [4.69, 9.17) is 4.74 Å². The van der Waals surface area contributed by atoms with Gasteiger partial charge in [0.25, 0.3) is 0 Å². The lowest BCUT2D eigenvalue weighted by Crippen LogP contribution is -2.32. The largest absolute Gasteiger partial charge is 0.433 e. The van der Waals surface area contributed by atoms with E-state index in [9.17, 15) is 23.7 Å². The van der Waals surface area contributed by atoms with Crippen LogP contribution in [0.15, 0.2) is 12.2 Å². The molecule has 0 fully saturated rings. The quantitative estimate of drug-likeness (QED) is 0.0805. The van der Waals surface area contributed by atoms with Crippen LogP contribution in [0.25, 0.3) is 0 Å². The molecule has 8 nitrogen and oxygen atoms in total. The van der Waals surface area contributed by atoms with Crippen LogP contribution in [-0.4, -0.2) is 35.1 Å². The highest BCUT2D eigenvalue weighted by Gasteiger charge is 2.62. The first-order chi connectivity index (χ1) is 15.1. The fourth-order valence-electron chi connectivity index (χ4n) is 3.22. The zero-order chi connectivity index (χ0) is 24.5. The highest BCUT2D eigenvalue weighted by Crippen LogP contribution is 2.73. The zero-order valence-electron chi connectivity index (χ0n) is 20.3. The number of rotatable bonds is 20. The Hall–Kier alpha value is -0.490. The van der Waals surface area contributed by atoms with Gasteiger partial charge in [0.1, 0.15) is 0 Å². The maximum absolute atomic E-state index is 12.2. The Morgan fingerprint density at radius 3 is 1.62 bits per heavy atom. The van der Waals surface area contributed by atoms with Crippen LogP contribution in [0, 0.1) is 0 Å². The van der Waals surface area contributed by atoms with Crippen molar-refractivity contribution in [1.82, 2.24) is 0 Å². The van der Waals surface area contributed by atoms with Gasteiger partial charge in [0.2, 0.25) is 0 Å². The molecular weight excluding hydrogens is 454 g/mol.